The molecule has 1 amide bonds. The lowest BCUT2D eigenvalue weighted by Gasteiger charge is -2.04. The van der Waals surface area contributed by atoms with Gasteiger partial charge in [0.1, 0.15) is 5.82 Å². The molecule has 0 saturated heterocycles. The molecule has 3 nitrogen and oxygen atoms in total. The van der Waals surface area contributed by atoms with Crippen LogP contribution in [0.3, 0.4) is 0 Å². The highest BCUT2D eigenvalue weighted by Gasteiger charge is 2.00. The van der Waals surface area contributed by atoms with Crippen LogP contribution in [0.2, 0.25) is 0 Å². The minimum Gasteiger partial charge on any atom is -0.311 e. The van der Waals surface area contributed by atoms with Gasteiger partial charge in [0, 0.05) is 17.6 Å². The van der Waals surface area contributed by atoms with Crippen molar-refractivity contribution >= 4 is 27.7 Å². The van der Waals surface area contributed by atoms with E-state index in [1.807, 2.05) is 26.8 Å². The topological polar surface area (TPSA) is 42.0 Å². The van der Waals surface area contributed by atoms with Gasteiger partial charge >= 0.3 is 0 Å². The van der Waals surface area contributed by atoms with Gasteiger partial charge in [-0.15, -0.1) is 0 Å². The number of nitrogens with zero attached hydrogens (tertiary/aromatic N) is 1. The number of carbonyl (C=O) groups is 1. The van der Waals surface area contributed by atoms with Crippen molar-refractivity contribution < 1.29 is 4.79 Å². The lowest BCUT2D eigenvalue weighted by Crippen LogP contribution is -2.08. The maximum absolute atomic E-state index is 10.7. The number of hydrogen-bond donors (Lipinski definition) is 1. The summed E-state index contributed by atoms with van der Waals surface area (Å²) in [6.07, 6.45) is 1.65. The van der Waals surface area contributed by atoms with E-state index in [1.165, 1.54) is 6.92 Å². The van der Waals surface area contributed by atoms with Crippen molar-refractivity contribution in [3.05, 3.63) is 22.3 Å². The molecule has 0 saturated carbocycles. The minimum atomic E-state index is -0.104. The number of carbonyl (C=O) groups excluding carboxylic acids is 1. The Bertz CT molecular complexity index is 313. The van der Waals surface area contributed by atoms with Crippen LogP contribution in [-0.4, -0.2) is 10.9 Å². The first kappa shape index (κ1) is 13.1. The normalized spacial score (nSPS) is 8.64. The fourth-order valence-corrected chi connectivity index (χ4v) is 1.28. The van der Waals surface area contributed by atoms with Crippen LogP contribution in [0, 0.1) is 6.92 Å². The van der Waals surface area contributed by atoms with E-state index in [4.69, 9.17) is 0 Å². The van der Waals surface area contributed by atoms with Crippen LogP contribution in [0.25, 0.3) is 0 Å². The van der Waals surface area contributed by atoms with E-state index in [1.54, 1.807) is 6.20 Å². The molecule has 0 aliphatic rings. The third kappa shape index (κ3) is 4.37. The Morgan fingerprint density at radius 2 is 2.07 bits per heavy atom. The lowest BCUT2D eigenvalue weighted by molar-refractivity contribution is -0.114. The Morgan fingerprint density at radius 1 is 1.50 bits per heavy atom. The van der Waals surface area contributed by atoms with Crippen LogP contribution < -0.4 is 5.32 Å². The van der Waals surface area contributed by atoms with E-state index >= 15 is 0 Å². The van der Waals surface area contributed by atoms with E-state index in [9.17, 15) is 4.79 Å². The molecule has 1 N–H and O–H groups in total. The van der Waals surface area contributed by atoms with Gasteiger partial charge in [0.05, 0.1) is 0 Å². The van der Waals surface area contributed by atoms with Gasteiger partial charge < -0.3 is 5.32 Å². The van der Waals surface area contributed by atoms with Crippen molar-refractivity contribution in [3.8, 4) is 0 Å². The molecule has 0 spiro atoms. The summed E-state index contributed by atoms with van der Waals surface area (Å²) in [6, 6.07) is 1.90. The van der Waals surface area contributed by atoms with Crippen LogP contribution in [0.4, 0.5) is 5.82 Å². The highest BCUT2D eigenvalue weighted by atomic mass is 79.9. The lowest BCUT2D eigenvalue weighted by atomic mass is 10.3. The molecule has 1 heterocycles. The molecule has 0 radical (unpaired) electrons. The average molecular weight is 259 g/mol. The third-order valence-corrected chi connectivity index (χ3v) is 1.77. The number of pyridine rings is 1. The molecular formula is C10H15BrN2O. The number of aryl methyl sites for hydroxylation is 1. The molecule has 0 atom stereocenters. The molecule has 0 aliphatic carbocycles. The van der Waals surface area contributed by atoms with Gasteiger partial charge in [-0.05, 0) is 34.5 Å². The summed E-state index contributed by atoms with van der Waals surface area (Å²) in [7, 11) is 0. The summed E-state index contributed by atoms with van der Waals surface area (Å²) in [6.45, 7) is 7.35. The number of rotatable bonds is 1. The standard InChI is InChI=1S/C8H9BrN2O.C2H6/c1-5-3-7(9)4-10-8(5)11-6(2)12;1-2/h3-4H,1-2H3,(H,10,11,12);1-2H3. The van der Waals surface area contributed by atoms with Crippen LogP contribution in [0.15, 0.2) is 16.7 Å². The van der Waals surface area contributed by atoms with E-state index < -0.39 is 0 Å². The van der Waals surface area contributed by atoms with Crippen LogP contribution >= 0.6 is 15.9 Å². The molecule has 14 heavy (non-hydrogen) atoms. The number of anilines is 1. The van der Waals surface area contributed by atoms with Gasteiger partial charge in [0.2, 0.25) is 5.91 Å². The Hall–Kier alpha value is -0.900. The first-order valence-electron chi connectivity index (χ1n) is 4.49. The quantitative estimate of drug-likeness (QED) is 0.841. The first-order chi connectivity index (χ1) is 6.59. The highest BCUT2D eigenvalue weighted by molar-refractivity contribution is 9.10. The molecule has 78 valence electrons. The van der Waals surface area contributed by atoms with Crippen molar-refractivity contribution in [3.63, 3.8) is 0 Å². The summed E-state index contributed by atoms with van der Waals surface area (Å²) < 4.78 is 0.911. The molecule has 0 aromatic carbocycles. The number of hydrogen-bond acceptors (Lipinski definition) is 2. The second kappa shape index (κ2) is 6.54. The van der Waals surface area contributed by atoms with Crippen LogP contribution in [0.5, 0.6) is 0 Å². The summed E-state index contributed by atoms with van der Waals surface area (Å²) >= 11 is 3.29. The summed E-state index contributed by atoms with van der Waals surface area (Å²) in [5.41, 5.74) is 0.944. The van der Waals surface area contributed by atoms with Gasteiger partial charge in [-0.3, -0.25) is 4.79 Å². The highest BCUT2D eigenvalue weighted by Crippen LogP contribution is 2.16. The molecule has 0 unspecified atom stereocenters. The maximum Gasteiger partial charge on any atom is 0.222 e. The summed E-state index contributed by atoms with van der Waals surface area (Å²) in [5, 5.41) is 2.63. The molecule has 0 fully saturated rings. The fourth-order valence-electron chi connectivity index (χ4n) is 0.838. The van der Waals surface area contributed by atoms with Crippen molar-refractivity contribution in [2.75, 3.05) is 5.32 Å². The zero-order valence-electron chi connectivity index (χ0n) is 8.89. The molecular weight excluding hydrogens is 244 g/mol. The zero-order valence-corrected chi connectivity index (χ0v) is 10.5. The second-order valence-corrected chi connectivity index (χ2v) is 3.42. The van der Waals surface area contributed by atoms with Crippen LogP contribution in [0.1, 0.15) is 26.3 Å². The van der Waals surface area contributed by atoms with Crippen molar-refractivity contribution in [1.29, 1.82) is 0 Å². The van der Waals surface area contributed by atoms with Gasteiger partial charge in [-0.25, -0.2) is 4.98 Å². The predicted octanol–water partition coefficient (Wildman–Crippen LogP) is 3.14. The van der Waals surface area contributed by atoms with Gasteiger partial charge in [-0.1, -0.05) is 13.8 Å². The maximum atomic E-state index is 10.7. The SMILES string of the molecule is CC.CC(=O)Nc1ncc(Br)cc1C. The fraction of sp³-hybridized carbons (Fsp3) is 0.400. The van der Waals surface area contributed by atoms with E-state index in [-0.39, 0.29) is 5.91 Å². The minimum absolute atomic E-state index is 0.104. The smallest absolute Gasteiger partial charge is 0.222 e. The average Bonchev–Trinajstić information content (AvgIpc) is 2.13. The summed E-state index contributed by atoms with van der Waals surface area (Å²) in [5.74, 6) is 0.513. The zero-order chi connectivity index (χ0) is 11.1. The Kier molecular flexibility index (Phi) is 6.12. The third-order valence-electron chi connectivity index (χ3n) is 1.34. The molecule has 1 aromatic heterocycles. The first-order valence-corrected chi connectivity index (χ1v) is 5.28. The van der Waals surface area contributed by atoms with E-state index in [0.29, 0.717) is 5.82 Å². The second-order valence-electron chi connectivity index (χ2n) is 2.50. The number of aromatic nitrogens is 1. The monoisotopic (exact) mass is 258 g/mol. The van der Waals surface area contributed by atoms with Crippen molar-refractivity contribution in [1.82, 2.24) is 4.98 Å². The van der Waals surface area contributed by atoms with Crippen LogP contribution in [-0.2, 0) is 4.79 Å². The van der Waals surface area contributed by atoms with Gasteiger partial charge in [-0.2, -0.15) is 0 Å². The molecule has 4 heteroatoms. The predicted molar refractivity (Wildman–Crippen MR) is 62.3 cm³/mol. The summed E-state index contributed by atoms with van der Waals surface area (Å²) in [4.78, 5) is 14.7. The van der Waals surface area contributed by atoms with E-state index in [2.05, 4.69) is 26.2 Å². The largest absolute Gasteiger partial charge is 0.311 e. The molecule has 1 aromatic rings. The Labute approximate surface area is 93.1 Å². The number of halogens is 1. The van der Waals surface area contributed by atoms with E-state index in [0.717, 1.165) is 10.0 Å². The van der Waals surface area contributed by atoms with Crippen molar-refractivity contribution in [2.24, 2.45) is 0 Å². The van der Waals surface area contributed by atoms with Gasteiger partial charge in [0.15, 0.2) is 0 Å². The number of amides is 1. The van der Waals surface area contributed by atoms with Crippen molar-refractivity contribution in [2.45, 2.75) is 27.7 Å². The Balaban J connectivity index is 0.000000791. The van der Waals surface area contributed by atoms with Gasteiger partial charge in [0.25, 0.3) is 0 Å². The molecule has 0 aliphatic heterocycles. The Morgan fingerprint density at radius 3 is 2.50 bits per heavy atom. The molecule has 1 rings (SSSR count). The number of nitrogens with one attached hydrogen (secondary N) is 1. The molecule has 0 bridgehead atoms.